The average Bonchev–Trinajstić information content (AvgIpc) is 2.38. The zero-order chi connectivity index (χ0) is 14.6. The number of hydrogen-bond donors (Lipinski definition) is 1. The summed E-state index contributed by atoms with van der Waals surface area (Å²) in [5, 5.41) is 0. The maximum atomic E-state index is 13.7. The molecule has 1 rings (SSSR count). The molecule has 0 aliphatic rings. The lowest BCUT2D eigenvalue weighted by atomic mass is 10.2. The standard InChI is InChI=1S/C12H18F2N2O2S/c1-3-5-16(4-2)19(17,18)11-7-9(8-15)6-10(13)12(11)14/h6-7H,3-5,8,15H2,1-2H3. The lowest BCUT2D eigenvalue weighted by Gasteiger charge is -2.20. The van der Waals surface area contributed by atoms with Crippen molar-refractivity contribution in [1.82, 2.24) is 4.31 Å². The summed E-state index contributed by atoms with van der Waals surface area (Å²) in [6.07, 6.45) is 0.591. The van der Waals surface area contributed by atoms with E-state index in [4.69, 9.17) is 5.73 Å². The number of nitrogens with zero attached hydrogens (tertiary/aromatic N) is 1. The van der Waals surface area contributed by atoms with Gasteiger partial charge in [0.2, 0.25) is 10.0 Å². The molecule has 0 amide bonds. The Hall–Kier alpha value is -1.05. The highest BCUT2D eigenvalue weighted by Gasteiger charge is 2.28. The Morgan fingerprint density at radius 2 is 1.89 bits per heavy atom. The molecule has 4 nitrogen and oxygen atoms in total. The van der Waals surface area contributed by atoms with Crippen LogP contribution in [0.25, 0.3) is 0 Å². The highest BCUT2D eigenvalue weighted by molar-refractivity contribution is 7.89. The molecule has 19 heavy (non-hydrogen) atoms. The SMILES string of the molecule is CCCN(CC)S(=O)(=O)c1cc(CN)cc(F)c1F. The van der Waals surface area contributed by atoms with Crippen molar-refractivity contribution in [2.24, 2.45) is 5.73 Å². The van der Waals surface area contributed by atoms with Gasteiger partial charge >= 0.3 is 0 Å². The molecule has 0 spiro atoms. The molecule has 0 aliphatic heterocycles. The second-order valence-electron chi connectivity index (χ2n) is 4.09. The predicted octanol–water partition coefficient (Wildman–Crippen LogP) is 1.84. The summed E-state index contributed by atoms with van der Waals surface area (Å²) in [6, 6.07) is 2.00. The molecule has 2 N–H and O–H groups in total. The highest BCUT2D eigenvalue weighted by atomic mass is 32.2. The zero-order valence-corrected chi connectivity index (χ0v) is 11.8. The lowest BCUT2D eigenvalue weighted by molar-refractivity contribution is 0.417. The van der Waals surface area contributed by atoms with Gasteiger partial charge in [0.15, 0.2) is 11.6 Å². The Morgan fingerprint density at radius 1 is 1.26 bits per heavy atom. The highest BCUT2D eigenvalue weighted by Crippen LogP contribution is 2.23. The van der Waals surface area contributed by atoms with Crippen molar-refractivity contribution in [2.75, 3.05) is 13.1 Å². The van der Waals surface area contributed by atoms with Crippen LogP contribution in [-0.2, 0) is 16.6 Å². The molecular formula is C12H18F2N2O2S. The van der Waals surface area contributed by atoms with Crippen LogP contribution in [0.2, 0.25) is 0 Å². The van der Waals surface area contributed by atoms with E-state index >= 15 is 0 Å². The third kappa shape index (κ3) is 3.29. The van der Waals surface area contributed by atoms with Gasteiger partial charge in [-0.2, -0.15) is 4.31 Å². The van der Waals surface area contributed by atoms with Crippen LogP contribution in [0, 0.1) is 11.6 Å². The van der Waals surface area contributed by atoms with Gasteiger partial charge in [-0.3, -0.25) is 0 Å². The molecular weight excluding hydrogens is 274 g/mol. The Balaban J connectivity index is 3.38. The molecule has 0 heterocycles. The molecule has 0 saturated heterocycles. The van der Waals surface area contributed by atoms with Gasteiger partial charge in [0.1, 0.15) is 4.90 Å². The average molecular weight is 292 g/mol. The van der Waals surface area contributed by atoms with Crippen molar-refractivity contribution in [3.63, 3.8) is 0 Å². The third-order valence-corrected chi connectivity index (χ3v) is 4.71. The Kier molecular flexibility index (Phi) is 5.39. The summed E-state index contributed by atoms with van der Waals surface area (Å²) < 4.78 is 52.8. The van der Waals surface area contributed by atoms with Crippen LogP contribution < -0.4 is 5.73 Å². The van der Waals surface area contributed by atoms with E-state index in [0.29, 0.717) is 6.42 Å². The predicted molar refractivity (Wildman–Crippen MR) is 69.0 cm³/mol. The molecule has 0 aromatic heterocycles. The fourth-order valence-corrected chi connectivity index (χ4v) is 3.42. The van der Waals surface area contributed by atoms with Crippen LogP contribution in [-0.4, -0.2) is 25.8 Å². The molecule has 0 atom stereocenters. The molecule has 1 aromatic rings. The number of rotatable bonds is 6. The number of hydrogen-bond acceptors (Lipinski definition) is 3. The van der Waals surface area contributed by atoms with E-state index in [2.05, 4.69) is 0 Å². The van der Waals surface area contributed by atoms with E-state index in [9.17, 15) is 17.2 Å². The summed E-state index contributed by atoms with van der Waals surface area (Å²) >= 11 is 0. The minimum absolute atomic E-state index is 0.0559. The molecule has 7 heteroatoms. The largest absolute Gasteiger partial charge is 0.326 e. The van der Waals surface area contributed by atoms with Gasteiger partial charge in [-0.25, -0.2) is 17.2 Å². The molecule has 0 bridgehead atoms. The summed E-state index contributed by atoms with van der Waals surface area (Å²) in [7, 11) is -4.04. The molecule has 0 radical (unpaired) electrons. The first-order valence-corrected chi connectivity index (χ1v) is 7.50. The second-order valence-corrected chi connectivity index (χ2v) is 6.00. The maximum Gasteiger partial charge on any atom is 0.246 e. The van der Waals surface area contributed by atoms with Crippen molar-refractivity contribution in [1.29, 1.82) is 0 Å². The number of sulfonamides is 1. The van der Waals surface area contributed by atoms with Gasteiger partial charge in [0.05, 0.1) is 0 Å². The molecule has 0 unspecified atom stereocenters. The van der Waals surface area contributed by atoms with Crippen LogP contribution in [0.15, 0.2) is 17.0 Å². The van der Waals surface area contributed by atoms with Crippen molar-refractivity contribution < 1.29 is 17.2 Å². The minimum atomic E-state index is -4.04. The first-order valence-electron chi connectivity index (χ1n) is 6.06. The van der Waals surface area contributed by atoms with Gasteiger partial charge in [-0.05, 0) is 24.1 Å². The monoisotopic (exact) mass is 292 g/mol. The van der Waals surface area contributed by atoms with Crippen molar-refractivity contribution in [2.45, 2.75) is 31.7 Å². The smallest absolute Gasteiger partial charge is 0.246 e. The molecule has 108 valence electrons. The van der Waals surface area contributed by atoms with Crippen LogP contribution in [0.4, 0.5) is 8.78 Å². The summed E-state index contributed by atoms with van der Waals surface area (Å²) in [6.45, 7) is 3.86. The van der Waals surface area contributed by atoms with E-state index in [1.165, 1.54) is 0 Å². The maximum absolute atomic E-state index is 13.7. The summed E-state index contributed by atoms with van der Waals surface area (Å²) in [4.78, 5) is -0.650. The van der Waals surface area contributed by atoms with Gasteiger partial charge in [-0.1, -0.05) is 13.8 Å². The van der Waals surface area contributed by atoms with Gasteiger partial charge < -0.3 is 5.73 Å². The van der Waals surface area contributed by atoms with Crippen molar-refractivity contribution in [3.8, 4) is 0 Å². The normalized spacial score (nSPS) is 12.1. The quantitative estimate of drug-likeness (QED) is 0.870. The Labute approximate surface area is 112 Å². The first-order chi connectivity index (χ1) is 8.88. The third-order valence-electron chi connectivity index (χ3n) is 2.73. The molecule has 1 aromatic carbocycles. The van der Waals surface area contributed by atoms with Crippen LogP contribution in [0.5, 0.6) is 0 Å². The van der Waals surface area contributed by atoms with Crippen LogP contribution in [0.1, 0.15) is 25.8 Å². The van der Waals surface area contributed by atoms with E-state index in [1.807, 2.05) is 6.92 Å². The molecule has 0 saturated carbocycles. The number of benzene rings is 1. The summed E-state index contributed by atoms with van der Waals surface area (Å²) in [5.74, 6) is -2.55. The van der Waals surface area contributed by atoms with E-state index in [-0.39, 0.29) is 25.2 Å². The number of nitrogens with two attached hydrogens (primary N) is 1. The van der Waals surface area contributed by atoms with Crippen molar-refractivity contribution >= 4 is 10.0 Å². The van der Waals surface area contributed by atoms with Gasteiger partial charge in [-0.15, -0.1) is 0 Å². The second kappa shape index (κ2) is 6.40. The van der Waals surface area contributed by atoms with E-state index < -0.39 is 26.6 Å². The zero-order valence-electron chi connectivity index (χ0n) is 11.0. The van der Waals surface area contributed by atoms with Crippen molar-refractivity contribution in [3.05, 3.63) is 29.3 Å². The van der Waals surface area contributed by atoms with E-state index in [1.54, 1.807) is 6.92 Å². The minimum Gasteiger partial charge on any atom is -0.326 e. The lowest BCUT2D eigenvalue weighted by Crippen LogP contribution is -2.32. The summed E-state index contributed by atoms with van der Waals surface area (Å²) in [5.41, 5.74) is 5.59. The molecule has 0 fully saturated rings. The van der Waals surface area contributed by atoms with Gasteiger partial charge in [0, 0.05) is 19.6 Å². The van der Waals surface area contributed by atoms with Crippen LogP contribution >= 0.6 is 0 Å². The Morgan fingerprint density at radius 3 is 2.37 bits per heavy atom. The topological polar surface area (TPSA) is 63.4 Å². The fraction of sp³-hybridized carbons (Fsp3) is 0.500. The first kappa shape index (κ1) is 16.0. The van der Waals surface area contributed by atoms with E-state index in [0.717, 1.165) is 16.4 Å². The van der Waals surface area contributed by atoms with Crippen LogP contribution in [0.3, 0.4) is 0 Å². The Bertz CT molecular complexity index is 547. The van der Waals surface area contributed by atoms with Gasteiger partial charge in [0.25, 0.3) is 0 Å². The number of halogens is 2. The fourth-order valence-electron chi connectivity index (χ4n) is 1.76. The molecule has 0 aliphatic carbocycles.